The smallest absolute Gasteiger partial charge is 0.344 e. The van der Waals surface area contributed by atoms with Crippen LogP contribution in [0.1, 0.15) is 71.1 Å². The Kier molecular flexibility index (Phi) is 7.23. The zero-order chi connectivity index (χ0) is 22.7. The molecule has 0 heterocycles. The summed E-state index contributed by atoms with van der Waals surface area (Å²) in [4.78, 5) is 35.6. The van der Waals surface area contributed by atoms with Crippen LogP contribution in [0.5, 0.6) is 0 Å². The van der Waals surface area contributed by atoms with Crippen LogP contribution >= 0.6 is 0 Å². The topological polar surface area (TPSA) is 88.1 Å². The highest BCUT2D eigenvalue weighted by molar-refractivity contribution is 5.88. The van der Waals surface area contributed by atoms with E-state index in [0.717, 1.165) is 17.8 Å². The van der Waals surface area contributed by atoms with Crippen LogP contribution in [-0.2, 0) is 33.3 Å². The van der Waals surface area contributed by atoms with Gasteiger partial charge in [0.05, 0.1) is 12.5 Å². The summed E-state index contributed by atoms with van der Waals surface area (Å²) in [7, 11) is 0. The SMILES string of the molecule is C=C(C)C(=O)OCC(=O)OC1CCC(C(=O)OCOCC23CC4CC(CC(C4)C2)C3)CC1. The van der Waals surface area contributed by atoms with E-state index in [1.54, 1.807) is 0 Å². The lowest BCUT2D eigenvalue weighted by molar-refractivity contribution is -0.173. The number of esters is 3. The highest BCUT2D eigenvalue weighted by Crippen LogP contribution is 2.60. The fourth-order valence-electron chi connectivity index (χ4n) is 6.83. The quantitative estimate of drug-likeness (QED) is 0.174. The Morgan fingerprint density at radius 3 is 2.06 bits per heavy atom. The first-order valence-corrected chi connectivity index (χ1v) is 12.1. The Morgan fingerprint density at radius 2 is 1.50 bits per heavy atom. The van der Waals surface area contributed by atoms with Crippen molar-refractivity contribution in [1.29, 1.82) is 0 Å². The second kappa shape index (κ2) is 9.94. The average Bonchev–Trinajstić information content (AvgIpc) is 2.74. The minimum absolute atomic E-state index is 0.0313. The van der Waals surface area contributed by atoms with Crippen molar-refractivity contribution in [3.63, 3.8) is 0 Å². The lowest BCUT2D eigenvalue weighted by atomic mass is 9.50. The Hall–Kier alpha value is -1.89. The molecule has 0 saturated heterocycles. The van der Waals surface area contributed by atoms with E-state index in [1.807, 2.05) is 0 Å². The van der Waals surface area contributed by atoms with Crippen molar-refractivity contribution in [2.75, 3.05) is 20.0 Å². The highest BCUT2D eigenvalue weighted by atomic mass is 16.7. The van der Waals surface area contributed by atoms with E-state index in [2.05, 4.69) is 6.58 Å². The van der Waals surface area contributed by atoms with Gasteiger partial charge in [0.2, 0.25) is 0 Å². The molecule has 0 aromatic carbocycles. The summed E-state index contributed by atoms with van der Waals surface area (Å²) in [6, 6.07) is 0. The summed E-state index contributed by atoms with van der Waals surface area (Å²) in [5.41, 5.74) is 0.556. The predicted molar refractivity (Wildman–Crippen MR) is 115 cm³/mol. The van der Waals surface area contributed by atoms with E-state index in [-0.39, 0.29) is 30.4 Å². The minimum Gasteiger partial charge on any atom is -0.460 e. The average molecular weight is 449 g/mol. The minimum atomic E-state index is -0.612. The molecule has 0 atom stereocenters. The van der Waals surface area contributed by atoms with Gasteiger partial charge in [-0.15, -0.1) is 0 Å². The van der Waals surface area contributed by atoms with Crippen LogP contribution in [0, 0.1) is 29.1 Å². The Balaban J connectivity index is 1.10. The van der Waals surface area contributed by atoms with Gasteiger partial charge in [-0.1, -0.05) is 6.58 Å². The van der Waals surface area contributed by atoms with Crippen molar-refractivity contribution in [1.82, 2.24) is 0 Å². The molecule has 0 aromatic rings. The normalized spacial score (nSPS) is 35.2. The molecular weight excluding hydrogens is 412 g/mol. The Morgan fingerprint density at radius 1 is 0.906 bits per heavy atom. The van der Waals surface area contributed by atoms with Gasteiger partial charge < -0.3 is 18.9 Å². The maximum Gasteiger partial charge on any atom is 0.344 e. The van der Waals surface area contributed by atoms with Crippen LogP contribution in [0.3, 0.4) is 0 Å². The molecule has 0 amide bonds. The number of hydrogen-bond donors (Lipinski definition) is 0. The first-order valence-electron chi connectivity index (χ1n) is 12.1. The first-order chi connectivity index (χ1) is 15.3. The molecule has 5 aliphatic rings. The predicted octanol–water partition coefficient (Wildman–Crippen LogP) is 3.94. The third-order valence-electron chi connectivity index (χ3n) is 7.83. The van der Waals surface area contributed by atoms with Gasteiger partial charge in [-0.25, -0.2) is 9.59 Å². The molecule has 0 unspecified atom stereocenters. The third-order valence-corrected chi connectivity index (χ3v) is 7.83. The summed E-state index contributed by atoms with van der Waals surface area (Å²) < 4.78 is 21.4. The van der Waals surface area contributed by atoms with Crippen LogP contribution in [-0.4, -0.2) is 44.0 Å². The lowest BCUT2D eigenvalue weighted by Gasteiger charge is -2.56. The lowest BCUT2D eigenvalue weighted by Crippen LogP contribution is -2.48. The van der Waals surface area contributed by atoms with Crippen LogP contribution in [0.4, 0.5) is 0 Å². The van der Waals surface area contributed by atoms with Crippen molar-refractivity contribution < 1.29 is 33.3 Å². The van der Waals surface area contributed by atoms with E-state index in [0.29, 0.717) is 37.7 Å². The van der Waals surface area contributed by atoms with Crippen molar-refractivity contribution >= 4 is 17.9 Å². The van der Waals surface area contributed by atoms with Gasteiger partial charge in [0, 0.05) is 5.57 Å². The summed E-state index contributed by atoms with van der Waals surface area (Å²) >= 11 is 0. The first kappa shape index (κ1) is 23.3. The molecule has 7 heteroatoms. The second-order valence-electron chi connectivity index (χ2n) is 10.7. The second-order valence-corrected chi connectivity index (χ2v) is 10.7. The van der Waals surface area contributed by atoms with Gasteiger partial charge in [0.1, 0.15) is 6.10 Å². The van der Waals surface area contributed by atoms with Gasteiger partial charge in [-0.05, 0) is 94.3 Å². The highest BCUT2D eigenvalue weighted by Gasteiger charge is 2.50. The molecule has 5 aliphatic carbocycles. The maximum atomic E-state index is 12.4. The molecule has 5 rings (SSSR count). The number of hydrogen-bond acceptors (Lipinski definition) is 7. The fourth-order valence-corrected chi connectivity index (χ4v) is 6.83. The number of ether oxygens (including phenoxy) is 4. The van der Waals surface area contributed by atoms with Crippen molar-refractivity contribution in [3.8, 4) is 0 Å². The molecule has 0 aromatic heterocycles. The van der Waals surface area contributed by atoms with Gasteiger partial charge in [0.25, 0.3) is 0 Å². The summed E-state index contributed by atoms with van der Waals surface area (Å²) in [5, 5.41) is 0. The van der Waals surface area contributed by atoms with Crippen LogP contribution in [0.25, 0.3) is 0 Å². The maximum absolute atomic E-state index is 12.4. The van der Waals surface area contributed by atoms with Gasteiger partial charge in [-0.2, -0.15) is 0 Å². The monoisotopic (exact) mass is 448 g/mol. The van der Waals surface area contributed by atoms with Gasteiger partial charge in [0.15, 0.2) is 13.4 Å². The van der Waals surface area contributed by atoms with Crippen molar-refractivity contribution in [2.45, 2.75) is 77.2 Å². The molecule has 32 heavy (non-hydrogen) atoms. The van der Waals surface area contributed by atoms with Gasteiger partial charge >= 0.3 is 17.9 Å². The zero-order valence-electron chi connectivity index (χ0n) is 19.1. The van der Waals surface area contributed by atoms with E-state index in [1.165, 1.54) is 45.4 Å². The summed E-state index contributed by atoms with van der Waals surface area (Å²) in [5.74, 6) is 1.05. The van der Waals surface area contributed by atoms with Crippen LogP contribution in [0.15, 0.2) is 12.2 Å². The van der Waals surface area contributed by atoms with Crippen molar-refractivity contribution in [2.24, 2.45) is 29.1 Å². The number of rotatable bonds is 9. The molecule has 178 valence electrons. The Labute approximate surface area is 190 Å². The molecule has 0 aliphatic heterocycles. The largest absolute Gasteiger partial charge is 0.460 e. The van der Waals surface area contributed by atoms with E-state index in [4.69, 9.17) is 18.9 Å². The molecule has 4 bridgehead atoms. The molecule has 0 N–H and O–H groups in total. The summed E-state index contributed by atoms with van der Waals surface area (Å²) in [6.45, 7) is 5.30. The Bertz CT molecular complexity index is 699. The zero-order valence-corrected chi connectivity index (χ0v) is 19.1. The molecule has 0 radical (unpaired) electrons. The van der Waals surface area contributed by atoms with Crippen LogP contribution in [0.2, 0.25) is 0 Å². The molecular formula is C25H36O7. The van der Waals surface area contributed by atoms with Crippen molar-refractivity contribution in [3.05, 3.63) is 12.2 Å². The van der Waals surface area contributed by atoms with E-state index in [9.17, 15) is 14.4 Å². The number of carbonyl (C=O) groups is 3. The molecule has 0 spiro atoms. The van der Waals surface area contributed by atoms with Crippen LogP contribution < -0.4 is 0 Å². The molecule has 7 nitrogen and oxygen atoms in total. The fraction of sp³-hybridized carbons (Fsp3) is 0.800. The van der Waals surface area contributed by atoms with E-state index < -0.39 is 18.5 Å². The molecule has 5 fully saturated rings. The standard InChI is InChI=1S/C25H36O7/c1-16(2)23(27)30-13-22(26)32-21-5-3-20(4-6-21)24(28)31-15-29-14-25-10-17-7-18(11-25)9-19(8-17)12-25/h17-21H,1,3-15H2,2H3. The molecule has 5 saturated carbocycles. The number of carbonyl (C=O) groups excluding carboxylic acids is 3. The van der Waals surface area contributed by atoms with Gasteiger partial charge in [-0.3, -0.25) is 4.79 Å². The third kappa shape index (κ3) is 5.72. The van der Waals surface area contributed by atoms with E-state index >= 15 is 0 Å². The summed E-state index contributed by atoms with van der Waals surface area (Å²) in [6.07, 6.45) is 10.2.